The highest BCUT2D eigenvalue weighted by atomic mass is 16.1. The van der Waals surface area contributed by atoms with Gasteiger partial charge in [0, 0.05) is 24.5 Å². The van der Waals surface area contributed by atoms with Gasteiger partial charge in [0.25, 0.3) is 5.91 Å². The van der Waals surface area contributed by atoms with E-state index in [1.807, 2.05) is 6.07 Å². The Hall–Kier alpha value is -1.25. The van der Waals surface area contributed by atoms with Gasteiger partial charge < -0.3 is 9.88 Å². The number of aromatic nitrogens is 1. The van der Waals surface area contributed by atoms with Crippen LogP contribution in [0.25, 0.3) is 0 Å². The Balaban J connectivity index is 1.61. The minimum absolute atomic E-state index is 0.157. The maximum Gasteiger partial charge on any atom is 0.253 e. The van der Waals surface area contributed by atoms with Crippen LogP contribution in [0.15, 0.2) is 12.3 Å². The molecule has 1 aliphatic carbocycles. The van der Waals surface area contributed by atoms with Gasteiger partial charge in [-0.2, -0.15) is 0 Å². The number of amides is 1. The number of hydrogen-bond donors (Lipinski definition) is 1. The monoisotopic (exact) mass is 274 g/mol. The first-order chi connectivity index (χ1) is 9.84. The van der Waals surface area contributed by atoms with Crippen LogP contribution in [0.2, 0.25) is 0 Å². The van der Waals surface area contributed by atoms with Crippen molar-refractivity contribution in [2.45, 2.75) is 76.8 Å². The number of hydrogen-bond acceptors (Lipinski definition) is 1. The molecule has 0 unspecified atom stereocenters. The van der Waals surface area contributed by atoms with E-state index in [9.17, 15) is 4.79 Å². The third-order valence-corrected chi connectivity index (χ3v) is 4.83. The first-order valence-corrected chi connectivity index (χ1v) is 8.33. The van der Waals surface area contributed by atoms with Gasteiger partial charge in [0.1, 0.15) is 0 Å². The van der Waals surface area contributed by atoms with E-state index in [0.717, 1.165) is 31.4 Å². The molecule has 1 amide bonds. The molecule has 1 aromatic heterocycles. The summed E-state index contributed by atoms with van der Waals surface area (Å²) in [5.41, 5.74) is 2.16. The summed E-state index contributed by atoms with van der Waals surface area (Å²) >= 11 is 0. The first kappa shape index (κ1) is 13.7. The standard InChI is InChI=1S/C17H26N2O/c20-17(15-11-13-19-12-7-10-16(15)19)18-14-8-5-3-1-2-4-6-9-14/h11,13-14H,1-10,12H2,(H,18,20). The fourth-order valence-electron chi connectivity index (χ4n) is 3.66. The summed E-state index contributed by atoms with van der Waals surface area (Å²) in [6.45, 7) is 1.08. The van der Waals surface area contributed by atoms with Crippen LogP contribution in [0.5, 0.6) is 0 Å². The van der Waals surface area contributed by atoms with Gasteiger partial charge in [-0.05, 0) is 31.7 Å². The van der Waals surface area contributed by atoms with E-state index in [4.69, 9.17) is 0 Å². The smallest absolute Gasteiger partial charge is 0.253 e. The Morgan fingerprint density at radius 3 is 2.50 bits per heavy atom. The number of rotatable bonds is 2. The summed E-state index contributed by atoms with van der Waals surface area (Å²) in [5, 5.41) is 3.29. The Kier molecular flexibility index (Phi) is 4.44. The minimum Gasteiger partial charge on any atom is -0.351 e. The number of aryl methyl sites for hydroxylation is 1. The van der Waals surface area contributed by atoms with Gasteiger partial charge in [-0.3, -0.25) is 4.79 Å². The Labute approximate surface area is 121 Å². The lowest BCUT2D eigenvalue weighted by Crippen LogP contribution is -2.35. The molecule has 0 atom stereocenters. The maximum atomic E-state index is 12.5. The van der Waals surface area contributed by atoms with Crippen LogP contribution in [-0.2, 0) is 13.0 Å². The molecular weight excluding hydrogens is 248 g/mol. The molecule has 2 heterocycles. The van der Waals surface area contributed by atoms with Crippen molar-refractivity contribution in [1.29, 1.82) is 0 Å². The van der Waals surface area contributed by atoms with Crippen LogP contribution in [0.3, 0.4) is 0 Å². The minimum atomic E-state index is 0.157. The summed E-state index contributed by atoms with van der Waals surface area (Å²) in [6.07, 6.45) is 14.5. The number of nitrogens with one attached hydrogen (secondary N) is 1. The quantitative estimate of drug-likeness (QED) is 0.877. The fourth-order valence-corrected chi connectivity index (χ4v) is 3.66. The zero-order valence-corrected chi connectivity index (χ0v) is 12.4. The average Bonchev–Trinajstić information content (AvgIpc) is 3.04. The van der Waals surface area contributed by atoms with E-state index in [1.165, 1.54) is 50.6 Å². The molecule has 20 heavy (non-hydrogen) atoms. The topological polar surface area (TPSA) is 34.0 Å². The van der Waals surface area contributed by atoms with Gasteiger partial charge in [0.05, 0.1) is 5.56 Å². The van der Waals surface area contributed by atoms with Crippen molar-refractivity contribution in [2.24, 2.45) is 0 Å². The van der Waals surface area contributed by atoms with Gasteiger partial charge in [0.2, 0.25) is 0 Å². The maximum absolute atomic E-state index is 12.5. The van der Waals surface area contributed by atoms with Crippen molar-refractivity contribution >= 4 is 5.91 Å². The van der Waals surface area contributed by atoms with Gasteiger partial charge in [-0.15, -0.1) is 0 Å². The van der Waals surface area contributed by atoms with Gasteiger partial charge >= 0.3 is 0 Å². The predicted octanol–water partition coefficient (Wildman–Crippen LogP) is 3.67. The molecule has 0 radical (unpaired) electrons. The lowest BCUT2D eigenvalue weighted by molar-refractivity contribution is 0.0931. The van der Waals surface area contributed by atoms with Crippen molar-refractivity contribution in [2.75, 3.05) is 0 Å². The molecule has 1 aromatic rings. The molecule has 2 aliphatic rings. The molecular formula is C17H26N2O. The Morgan fingerprint density at radius 2 is 1.75 bits per heavy atom. The lowest BCUT2D eigenvalue weighted by Gasteiger charge is -2.18. The molecule has 3 rings (SSSR count). The molecule has 3 nitrogen and oxygen atoms in total. The molecule has 0 bridgehead atoms. The molecule has 110 valence electrons. The van der Waals surface area contributed by atoms with Crippen LogP contribution >= 0.6 is 0 Å². The summed E-state index contributed by atoms with van der Waals surface area (Å²) < 4.78 is 2.23. The largest absolute Gasteiger partial charge is 0.351 e. The predicted molar refractivity (Wildman–Crippen MR) is 80.9 cm³/mol. The van der Waals surface area contributed by atoms with E-state index in [2.05, 4.69) is 16.1 Å². The van der Waals surface area contributed by atoms with Gasteiger partial charge in [0.15, 0.2) is 0 Å². The van der Waals surface area contributed by atoms with Crippen molar-refractivity contribution in [1.82, 2.24) is 9.88 Å². The van der Waals surface area contributed by atoms with E-state index in [1.54, 1.807) is 0 Å². The summed E-state index contributed by atoms with van der Waals surface area (Å²) in [6, 6.07) is 2.39. The second kappa shape index (κ2) is 6.47. The lowest BCUT2D eigenvalue weighted by atomic mass is 10.0. The number of fused-ring (bicyclic) bond motifs is 1. The van der Waals surface area contributed by atoms with E-state index >= 15 is 0 Å². The average molecular weight is 274 g/mol. The second-order valence-electron chi connectivity index (χ2n) is 6.34. The van der Waals surface area contributed by atoms with Gasteiger partial charge in [-0.25, -0.2) is 0 Å². The van der Waals surface area contributed by atoms with Crippen LogP contribution in [0, 0.1) is 0 Å². The number of carbonyl (C=O) groups excluding carboxylic acids is 1. The van der Waals surface area contributed by atoms with Crippen molar-refractivity contribution < 1.29 is 4.79 Å². The van der Waals surface area contributed by atoms with Crippen LogP contribution in [0.4, 0.5) is 0 Å². The summed E-state index contributed by atoms with van der Waals surface area (Å²) in [5.74, 6) is 0.157. The van der Waals surface area contributed by atoms with Crippen molar-refractivity contribution in [3.05, 3.63) is 23.5 Å². The molecule has 0 aromatic carbocycles. The molecule has 1 fully saturated rings. The fraction of sp³-hybridized carbons (Fsp3) is 0.706. The SMILES string of the molecule is O=C(NC1CCCCCCCC1)c1ccn2c1CCC2. The van der Waals surface area contributed by atoms with E-state index in [-0.39, 0.29) is 5.91 Å². The summed E-state index contributed by atoms with van der Waals surface area (Å²) in [7, 11) is 0. The van der Waals surface area contributed by atoms with Crippen molar-refractivity contribution in [3.63, 3.8) is 0 Å². The highest BCUT2D eigenvalue weighted by Crippen LogP contribution is 2.22. The van der Waals surface area contributed by atoms with E-state index < -0.39 is 0 Å². The second-order valence-corrected chi connectivity index (χ2v) is 6.34. The number of nitrogens with zero attached hydrogens (tertiary/aromatic N) is 1. The zero-order valence-electron chi connectivity index (χ0n) is 12.4. The van der Waals surface area contributed by atoms with Crippen LogP contribution < -0.4 is 5.32 Å². The van der Waals surface area contributed by atoms with Gasteiger partial charge in [-0.1, -0.05) is 38.5 Å². The molecule has 1 N–H and O–H groups in total. The highest BCUT2D eigenvalue weighted by Gasteiger charge is 2.21. The van der Waals surface area contributed by atoms with Crippen molar-refractivity contribution in [3.8, 4) is 0 Å². The third kappa shape index (κ3) is 3.08. The van der Waals surface area contributed by atoms with Crippen LogP contribution in [-0.4, -0.2) is 16.5 Å². The normalized spacial score (nSPS) is 20.8. The first-order valence-electron chi connectivity index (χ1n) is 8.33. The summed E-state index contributed by atoms with van der Waals surface area (Å²) in [4.78, 5) is 12.5. The molecule has 1 aliphatic heterocycles. The Morgan fingerprint density at radius 1 is 1.05 bits per heavy atom. The number of carbonyl (C=O) groups is 1. The molecule has 3 heteroatoms. The zero-order chi connectivity index (χ0) is 13.8. The van der Waals surface area contributed by atoms with Crippen LogP contribution in [0.1, 0.15) is 73.8 Å². The third-order valence-electron chi connectivity index (χ3n) is 4.83. The van der Waals surface area contributed by atoms with E-state index in [0.29, 0.717) is 6.04 Å². The molecule has 1 saturated carbocycles. The highest BCUT2D eigenvalue weighted by molar-refractivity contribution is 5.95. The molecule has 0 saturated heterocycles. The molecule has 0 spiro atoms. The Bertz CT molecular complexity index is 454.